The van der Waals surface area contributed by atoms with E-state index >= 15 is 0 Å². The highest BCUT2D eigenvalue weighted by molar-refractivity contribution is 7.88. The largest absolute Gasteiger partial charge is 0.341 e. The predicted octanol–water partition coefficient (Wildman–Crippen LogP) is 0.318. The second kappa shape index (κ2) is 6.76. The Hall–Kier alpha value is -1.15. The molecule has 2 heterocycles. The first-order chi connectivity index (χ1) is 10.6. The average Bonchev–Trinajstić information content (AvgIpc) is 2.45. The number of likely N-dealkylation sites (tertiary alicyclic amines) is 2. The zero-order valence-electron chi connectivity index (χ0n) is 14.2. The highest BCUT2D eigenvalue weighted by atomic mass is 32.2. The van der Waals surface area contributed by atoms with Gasteiger partial charge in [0.15, 0.2) is 0 Å². The molecule has 2 amide bonds. The van der Waals surface area contributed by atoms with Gasteiger partial charge in [0, 0.05) is 32.1 Å². The summed E-state index contributed by atoms with van der Waals surface area (Å²) in [5.41, 5.74) is -1.15. The van der Waals surface area contributed by atoms with E-state index in [4.69, 9.17) is 0 Å². The second-order valence-corrected chi connectivity index (χ2v) is 8.82. The number of nitrogens with zero attached hydrogens (tertiary/aromatic N) is 2. The van der Waals surface area contributed by atoms with Gasteiger partial charge in [0.05, 0.1) is 6.26 Å². The summed E-state index contributed by atoms with van der Waals surface area (Å²) < 4.78 is 25.2. The molecule has 0 aromatic carbocycles. The van der Waals surface area contributed by atoms with Crippen molar-refractivity contribution in [3.63, 3.8) is 0 Å². The minimum atomic E-state index is -3.45. The Morgan fingerprint density at radius 3 is 2.30 bits per heavy atom. The van der Waals surface area contributed by atoms with E-state index in [1.54, 1.807) is 18.7 Å². The first kappa shape index (κ1) is 18.2. The Bertz CT molecular complexity index is 565. The van der Waals surface area contributed by atoms with Gasteiger partial charge in [0.2, 0.25) is 21.8 Å². The molecule has 0 aliphatic carbocycles. The van der Waals surface area contributed by atoms with Crippen molar-refractivity contribution in [1.29, 1.82) is 0 Å². The summed E-state index contributed by atoms with van der Waals surface area (Å²) in [7, 11) is -3.45. The van der Waals surface area contributed by atoms with Gasteiger partial charge in [0.25, 0.3) is 0 Å². The Labute approximate surface area is 138 Å². The molecule has 0 spiro atoms. The first-order valence-electron chi connectivity index (χ1n) is 8.18. The van der Waals surface area contributed by atoms with Crippen molar-refractivity contribution in [3.05, 3.63) is 0 Å². The molecule has 132 valence electrons. The zero-order valence-corrected chi connectivity index (χ0v) is 15.0. The van der Waals surface area contributed by atoms with Gasteiger partial charge in [-0.15, -0.1) is 0 Å². The molecule has 8 heteroatoms. The van der Waals surface area contributed by atoms with Crippen molar-refractivity contribution < 1.29 is 18.0 Å². The van der Waals surface area contributed by atoms with Crippen LogP contribution in [0.5, 0.6) is 0 Å². The molecule has 2 saturated heterocycles. The van der Waals surface area contributed by atoms with Crippen molar-refractivity contribution in [3.8, 4) is 0 Å². The zero-order chi connectivity index (χ0) is 17.3. The fourth-order valence-corrected chi connectivity index (χ4v) is 4.51. The Kier molecular flexibility index (Phi) is 5.35. The van der Waals surface area contributed by atoms with Crippen LogP contribution in [0.25, 0.3) is 0 Å². The third-order valence-electron chi connectivity index (χ3n) is 4.53. The SMILES string of the molecule is CC(C)(NS(C)(=O)=O)C(=O)N1CCC(N2CCCCC2=O)CC1. The van der Waals surface area contributed by atoms with Crippen LogP contribution >= 0.6 is 0 Å². The van der Waals surface area contributed by atoms with Gasteiger partial charge in [-0.25, -0.2) is 13.1 Å². The van der Waals surface area contributed by atoms with E-state index in [1.165, 1.54) is 0 Å². The maximum Gasteiger partial charge on any atom is 0.243 e. The van der Waals surface area contributed by atoms with E-state index in [2.05, 4.69) is 4.72 Å². The van der Waals surface area contributed by atoms with Gasteiger partial charge >= 0.3 is 0 Å². The molecular formula is C15H27N3O4S. The smallest absolute Gasteiger partial charge is 0.243 e. The van der Waals surface area contributed by atoms with Crippen molar-refractivity contribution in [2.24, 2.45) is 0 Å². The summed E-state index contributed by atoms with van der Waals surface area (Å²) in [6.07, 6.45) is 5.22. The molecule has 1 N–H and O–H groups in total. The highest BCUT2D eigenvalue weighted by Gasteiger charge is 2.37. The number of carbonyl (C=O) groups is 2. The summed E-state index contributed by atoms with van der Waals surface area (Å²) >= 11 is 0. The minimum Gasteiger partial charge on any atom is -0.341 e. The van der Waals surface area contributed by atoms with E-state index in [0.717, 1.165) is 38.5 Å². The lowest BCUT2D eigenvalue weighted by atomic mass is 9.97. The molecule has 2 fully saturated rings. The quantitative estimate of drug-likeness (QED) is 0.795. The van der Waals surface area contributed by atoms with Crippen LogP contribution in [0.4, 0.5) is 0 Å². The number of rotatable bonds is 4. The van der Waals surface area contributed by atoms with Crippen LogP contribution < -0.4 is 4.72 Å². The summed E-state index contributed by atoms with van der Waals surface area (Å²) in [4.78, 5) is 28.2. The number of nitrogens with one attached hydrogen (secondary N) is 1. The summed E-state index contributed by atoms with van der Waals surface area (Å²) in [6.45, 7) is 5.09. The summed E-state index contributed by atoms with van der Waals surface area (Å²) in [5.74, 6) is 0.00597. The molecule has 2 rings (SSSR count). The van der Waals surface area contributed by atoms with E-state index < -0.39 is 15.6 Å². The van der Waals surface area contributed by atoms with Gasteiger partial charge in [-0.2, -0.15) is 0 Å². The molecule has 0 radical (unpaired) electrons. The fraction of sp³-hybridized carbons (Fsp3) is 0.867. The molecule has 0 bridgehead atoms. The van der Waals surface area contributed by atoms with Crippen LogP contribution in [0.15, 0.2) is 0 Å². The topological polar surface area (TPSA) is 86.8 Å². The monoisotopic (exact) mass is 345 g/mol. The van der Waals surface area contributed by atoms with Crippen molar-refractivity contribution in [2.45, 2.75) is 57.5 Å². The number of amides is 2. The van der Waals surface area contributed by atoms with Crippen LogP contribution in [0, 0.1) is 0 Å². The molecule has 23 heavy (non-hydrogen) atoms. The standard InChI is InChI=1S/C15H27N3O4S/c1-15(2,16-23(3,21)22)14(20)17-10-7-12(8-11-17)18-9-5-4-6-13(18)19/h12,16H,4-11H2,1-3H3. The van der Waals surface area contributed by atoms with Crippen LogP contribution in [0.1, 0.15) is 46.0 Å². The second-order valence-electron chi connectivity index (χ2n) is 7.07. The summed E-state index contributed by atoms with van der Waals surface area (Å²) in [6, 6.07) is 0.206. The predicted molar refractivity (Wildman–Crippen MR) is 87.2 cm³/mol. The van der Waals surface area contributed by atoms with Crippen molar-refractivity contribution >= 4 is 21.8 Å². The van der Waals surface area contributed by atoms with Crippen molar-refractivity contribution in [1.82, 2.24) is 14.5 Å². The van der Waals surface area contributed by atoms with E-state index in [9.17, 15) is 18.0 Å². The van der Waals surface area contributed by atoms with Gasteiger partial charge in [0.1, 0.15) is 5.54 Å². The van der Waals surface area contributed by atoms with E-state index in [0.29, 0.717) is 19.5 Å². The lowest BCUT2D eigenvalue weighted by molar-refractivity contribution is -0.140. The van der Waals surface area contributed by atoms with Gasteiger partial charge in [-0.05, 0) is 39.5 Å². The molecule has 0 saturated carbocycles. The molecule has 0 aromatic rings. The third kappa shape index (κ3) is 4.67. The molecule has 0 unspecified atom stereocenters. The molecule has 2 aliphatic rings. The number of hydrogen-bond donors (Lipinski definition) is 1. The Balaban J connectivity index is 1.93. The Morgan fingerprint density at radius 1 is 1.17 bits per heavy atom. The molecule has 0 aromatic heterocycles. The van der Waals surface area contributed by atoms with Crippen LogP contribution in [-0.4, -0.2) is 67.5 Å². The minimum absolute atomic E-state index is 0.206. The fourth-order valence-electron chi connectivity index (χ4n) is 3.50. The number of carbonyl (C=O) groups excluding carboxylic acids is 2. The maximum atomic E-state index is 12.6. The number of sulfonamides is 1. The van der Waals surface area contributed by atoms with Gasteiger partial charge < -0.3 is 9.80 Å². The summed E-state index contributed by atoms with van der Waals surface area (Å²) in [5, 5.41) is 0. The van der Waals surface area contributed by atoms with Crippen molar-refractivity contribution in [2.75, 3.05) is 25.9 Å². The van der Waals surface area contributed by atoms with Crippen LogP contribution in [0.3, 0.4) is 0 Å². The molecule has 7 nitrogen and oxygen atoms in total. The lowest BCUT2D eigenvalue weighted by Crippen LogP contribution is -2.58. The van der Waals surface area contributed by atoms with Gasteiger partial charge in [-0.3, -0.25) is 9.59 Å². The van der Waals surface area contributed by atoms with Gasteiger partial charge in [-0.1, -0.05) is 0 Å². The maximum absolute atomic E-state index is 12.6. The van der Waals surface area contributed by atoms with Crippen LogP contribution in [0.2, 0.25) is 0 Å². The molecule has 2 aliphatic heterocycles. The number of piperidine rings is 2. The normalized spacial score (nSPS) is 21.6. The van der Waals surface area contributed by atoms with E-state index in [1.807, 2.05) is 4.90 Å². The van der Waals surface area contributed by atoms with Crippen LogP contribution in [-0.2, 0) is 19.6 Å². The average molecular weight is 345 g/mol. The van der Waals surface area contributed by atoms with E-state index in [-0.39, 0.29) is 17.9 Å². The third-order valence-corrected chi connectivity index (χ3v) is 5.41. The lowest BCUT2D eigenvalue weighted by Gasteiger charge is -2.42. The first-order valence-corrected chi connectivity index (χ1v) is 10.1. The highest BCUT2D eigenvalue weighted by Crippen LogP contribution is 2.23. The number of hydrogen-bond acceptors (Lipinski definition) is 4. The molecule has 0 atom stereocenters. The Morgan fingerprint density at radius 2 is 1.78 bits per heavy atom. The molecular weight excluding hydrogens is 318 g/mol.